The van der Waals surface area contributed by atoms with Crippen molar-refractivity contribution in [2.24, 2.45) is 0 Å². The third-order valence-corrected chi connectivity index (χ3v) is 4.67. The summed E-state index contributed by atoms with van der Waals surface area (Å²) in [5.74, 6) is -0.904. The van der Waals surface area contributed by atoms with Gasteiger partial charge in [-0.05, 0) is 55.0 Å². The summed E-state index contributed by atoms with van der Waals surface area (Å²) >= 11 is 7.08. The molecule has 0 saturated carbocycles. The molecule has 138 valence electrons. The van der Waals surface area contributed by atoms with Crippen molar-refractivity contribution in [2.45, 2.75) is 12.8 Å². The van der Waals surface area contributed by atoms with Crippen LogP contribution in [-0.2, 0) is 11.2 Å². The molecule has 2 aromatic carbocycles. The lowest BCUT2D eigenvalue weighted by atomic mass is 10.2. The standard InChI is InChI=1S/C19H15ClFN3O2S/c20-13-3-7-15(8-4-13)22-17(25)10-9-16-11-27-19(23-16)24-18(26)12-1-5-14(21)6-2-12/h1-8,11H,9-10H2,(H,22,25)(H,23,24,26). The molecule has 2 N–H and O–H groups in total. The van der Waals surface area contributed by atoms with E-state index in [2.05, 4.69) is 15.6 Å². The van der Waals surface area contributed by atoms with Gasteiger partial charge in [0.1, 0.15) is 5.82 Å². The summed E-state index contributed by atoms with van der Waals surface area (Å²) in [6.45, 7) is 0. The molecule has 3 aromatic rings. The Morgan fingerprint density at radius 3 is 2.44 bits per heavy atom. The average Bonchev–Trinajstić information content (AvgIpc) is 3.10. The number of nitrogens with zero attached hydrogens (tertiary/aromatic N) is 1. The molecular formula is C19H15ClFN3O2S. The smallest absolute Gasteiger partial charge is 0.257 e. The van der Waals surface area contributed by atoms with Crippen LogP contribution in [0, 0.1) is 5.82 Å². The zero-order valence-electron chi connectivity index (χ0n) is 14.0. The number of hydrogen-bond acceptors (Lipinski definition) is 4. The highest BCUT2D eigenvalue weighted by atomic mass is 35.5. The van der Waals surface area contributed by atoms with Gasteiger partial charge in [0.25, 0.3) is 5.91 Å². The summed E-state index contributed by atoms with van der Waals surface area (Å²) in [7, 11) is 0. The fourth-order valence-corrected chi connectivity index (χ4v) is 3.11. The number of halogens is 2. The van der Waals surface area contributed by atoms with Gasteiger partial charge in [-0.15, -0.1) is 11.3 Å². The molecule has 0 radical (unpaired) electrons. The van der Waals surface area contributed by atoms with Gasteiger partial charge in [0.2, 0.25) is 5.91 Å². The first-order valence-corrected chi connectivity index (χ1v) is 9.32. The molecular weight excluding hydrogens is 389 g/mol. The number of rotatable bonds is 6. The average molecular weight is 404 g/mol. The highest BCUT2D eigenvalue weighted by Crippen LogP contribution is 2.18. The normalized spacial score (nSPS) is 10.4. The van der Waals surface area contributed by atoms with Gasteiger partial charge in [0, 0.05) is 28.1 Å². The molecule has 1 heterocycles. The number of benzene rings is 2. The van der Waals surface area contributed by atoms with Crippen molar-refractivity contribution in [3.63, 3.8) is 0 Å². The fraction of sp³-hybridized carbons (Fsp3) is 0.105. The van der Waals surface area contributed by atoms with Crippen LogP contribution in [0.1, 0.15) is 22.5 Å². The van der Waals surface area contributed by atoms with E-state index in [1.807, 2.05) is 0 Å². The van der Waals surface area contributed by atoms with E-state index < -0.39 is 5.82 Å². The molecule has 0 bridgehead atoms. The first kappa shape index (κ1) is 19.0. The van der Waals surface area contributed by atoms with Crippen LogP contribution in [0.25, 0.3) is 0 Å². The maximum Gasteiger partial charge on any atom is 0.257 e. The number of carbonyl (C=O) groups excluding carboxylic acids is 2. The van der Waals surface area contributed by atoms with Gasteiger partial charge in [-0.3, -0.25) is 14.9 Å². The summed E-state index contributed by atoms with van der Waals surface area (Å²) in [6, 6.07) is 12.1. The summed E-state index contributed by atoms with van der Waals surface area (Å²) in [5, 5.41) is 8.26. The molecule has 0 saturated heterocycles. The Morgan fingerprint density at radius 1 is 1.04 bits per heavy atom. The fourth-order valence-electron chi connectivity index (χ4n) is 2.25. The number of hydrogen-bond donors (Lipinski definition) is 2. The second-order valence-electron chi connectivity index (χ2n) is 5.66. The van der Waals surface area contributed by atoms with Gasteiger partial charge in [0.15, 0.2) is 5.13 Å². The van der Waals surface area contributed by atoms with E-state index in [0.29, 0.717) is 33.5 Å². The van der Waals surface area contributed by atoms with E-state index in [1.54, 1.807) is 29.6 Å². The lowest BCUT2D eigenvalue weighted by Crippen LogP contribution is -2.13. The molecule has 0 spiro atoms. The van der Waals surface area contributed by atoms with Crippen molar-refractivity contribution < 1.29 is 14.0 Å². The highest BCUT2D eigenvalue weighted by Gasteiger charge is 2.10. The molecule has 0 aliphatic carbocycles. The van der Waals surface area contributed by atoms with Crippen LogP contribution in [0.5, 0.6) is 0 Å². The van der Waals surface area contributed by atoms with E-state index >= 15 is 0 Å². The number of aromatic nitrogens is 1. The molecule has 0 fully saturated rings. The Balaban J connectivity index is 1.50. The van der Waals surface area contributed by atoms with E-state index in [1.165, 1.54) is 35.6 Å². The zero-order valence-corrected chi connectivity index (χ0v) is 15.6. The van der Waals surface area contributed by atoms with Gasteiger partial charge >= 0.3 is 0 Å². The van der Waals surface area contributed by atoms with Gasteiger partial charge in [-0.1, -0.05) is 11.6 Å². The third-order valence-electron chi connectivity index (χ3n) is 3.61. The number of anilines is 2. The van der Waals surface area contributed by atoms with Gasteiger partial charge < -0.3 is 5.32 Å². The van der Waals surface area contributed by atoms with Crippen molar-refractivity contribution in [1.82, 2.24) is 4.98 Å². The van der Waals surface area contributed by atoms with Crippen molar-refractivity contribution in [3.8, 4) is 0 Å². The molecule has 0 aliphatic heterocycles. The van der Waals surface area contributed by atoms with Crippen LogP contribution in [0.15, 0.2) is 53.9 Å². The molecule has 8 heteroatoms. The van der Waals surface area contributed by atoms with Crippen molar-refractivity contribution in [3.05, 3.63) is 76.0 Å². The number of carbonyl (C=O) groups is 2. The number of nitrogens with one attached hydrogen (secondary N) is 2. The second-order valence-corrected chi connectivity index (χ2v) is 6.95. The maximum absolute atomic E-state index is 12.9. The first-order chi connectivity index (χ1) is 13.0. The van der Waals surface area contributed by atoms with Crippen LogP contribution >= 0.6 is 22.9 Å². The van der Waals surface area contributed by atoms with Crippen LogP contribution < -0.4 is 10.6 Å². The first-order valence-electron chi connectivity index (χ1n) is 8.06. The van der Waals surface area contributed by atoms with E-state index in [9.17, 15) is 14.0 Å². The third kappa shape index (κ3) is 5.60. The monoisotopic (exact) mass is 403 g/mol. The number of aryl methyl sites for hydroxylation is 1. The molecule has 0 unspecified atom stereocenters. The summed E-state index contributed by atoms with van der Waals surface area (Å²) < 4.78 is 12.9. The van der Waals surface area contributed by atoms with Crippen molar-refractivity contribution in [2.75, 3.05) is 10.6 Å². The Hall–Kier alpha value is -2.77. The lowest BCUT2D eigenvalue weighted by molar-refractivity contribution is -0.116. The summed E-state index contributed by atoms with van der Waals surface area (Å²) in [4.78, 5) is 28.4. The lowest BCUT2D eigenvalue weighted by Gasteiger charge is -2.04. The Bertz CT molecular complexity index is 942. The van der Waals surface area contributed by atoms with E-state index in [-0.39, 0.29) is 18.2 Å². The minimum absolute atomic E-state index is 0.137. The Morgan fingerprint density at radius 2 is 1.74 bits per heavy atom. The minimum Gasteiger partial charge on any atom is -0.326 e. The topological polar surface area (TPSA) is 71.1 Å². The van der Waals surface area contributed by atoms with Gasteiger partial charge in [-0.25, -0.2) is 9.37 Å². The molecule has 0 aliphatic rings. The van der Waals surface area contributed by atoms with Gasteiger partial charge in [-0.2, -0.15) is 0 Å². The minimum atomic E-state index is -0.403. The van der Waals surface area contributed by atoms with E-state index in [4.69, 9.17) is 11.6 Å². The summed E-state index contributed by atoms with van der Waals surface area (Å²) in [6.07, 6.45) is 0.708. The molecule has 2 amide bonds. The molecule has 1 aromatic heterocycles. The molecule has 0 atom stereocenters. The van der Waals surface area contributed by atoms with E-state index in [0.717, 1.165) is 0 Å². The Kier molecular flexibility index (Phi) is 6.16. The van der Waals surface area contributed by atoms with Crippen molar-refractivity contribution >= 4 is 45.6 Å². The number of thiazole rings is 1. The SMILES string of the molecule is O=C(CCc1csc(NC(=O)c2ccc(F)cc2)n1)Nc1ccc(Cl)cc1. The predicted molar refractivity (Wildman–Crippen MR) is 105 cm³/mol. The zero-order chi connectivity index (χ0) is 19.2. The van der Waals surface area contributed by atoms with Crippen LogP contribution in [-0.4, -0.2) is 16.8 Å². The maximum atomic E-state index is 12.9. The van der Waals surface area contributed by atoms with Crippen molar-refractivity contribution in [1.29, 1.82) is 0 Å². The largest absolute Gasteiger partial charge is 0.326 e. The molecule has 3 rings (SSSR count). The number of amides is 2. The molecule has 27 heavy (non-hydrogen) atoms. The predicted octanol–water partition coefficient (Wildman–Crippen LogP) is 4.76. The van der Waals surface area contributed by atoms with Crippen LogP contribution in [0.4, 0.5) is 15.2 Å². The Labute approximate surface area is 164 Å². The van der Waals surface area contributed by atoms with Crippen LogP contribution in [0.2, 0.25) is 5.02 Å². The molecule has 5 nitrogen and oxygen atoms in total. The van der Waals surface area contributed by atoms with Crippen LogP contribution in [0.3, 0.4) is 0 Å². The highest BCUT2D eigenvalue weighted by molar-refractivity contribution is 7.14. The summed E-state index contributed by atoms with van der Waals surface area (Å²) in [5.41, 5.74) is 1.73. The quantitative estimate of drug-likeness (QED) is 0.623. The van der Waals surface area contributed by atoms with Gasteiger partial charge in [0.05, 0.1) is 5.69 Å². The second kappa shape index (κ2) is 8.75.